The van der Waals surface area contributed by atoms with Crippen molar-refractivity contribution in [3.8, 4) is 0 Å². The minimum Gasteiger partial charge on any atom is -0.381 e. The normalized spacial score (nSPS) is 10.6. The Labute approximate surface area is 61.0 Å². The molecule has 52 valence electrons. The Morgan fingerprint density at radius 2 is 1.89 bits per heavy atom. The molecule has 0 rings (SSSR count). The molecule has 0 unspecified atom stereocenters. The van der Waals surface area contributed by atoms with Crippen LogP contribution in [-0.4, -0.2) is 28.1 Å². The van der Waals surface area contributed by atoms with Crippen LogP contribution in [0.25, 0.3) is 0 Å². The van der Waals surface area contributed by atoms with Gasteiger partial charge in [-0.3, -0.25) is 0 Å². The van der Waals surface area contributed by atoms with Gasteiger partial charge in [-0.25, -0.2) is 4.66 Å². The Morgan fingerprint density at radius 3 is 2.00 bits per heavy atom. The third-order valence-electron chi connectivity index (χ3n) is 1.01. The highest BCUT2D eigenvalue weighted by Crippen LogP contribution is 2.03. The first-order chi connectivity index (χ1) is 4.18. The van der Waals surface area contributed by atoms with Crippen LogP contribution in [0.15, 0.2) is 4.66 Å². The summed E-state index contributed by atoms with van der Waals surface area (Å²) in [6.45, 7) is 1.78. The Hall–Kier alpha value is -0.0631. The predicted molar refractivity (Wildman–Crippen MR) is 40.7 cm³/mol. The lowest BCUT2D eigenvalue weighted by atomic mass is 11.8. The Bertz CT molecular complexity index is 131. The van der Waals surface area contributed by atoms with Gasteiger partial charge in [-0.2, -0.15) is 0 Å². The van der Waals surface area contributed by atoms with E-state index >= 15 is 0 Å². The zero-order chi connectivity index (χ0) is 7.33. The Kier molecular flexibility index (Phi) is 3.84. The lowest BCUT2D eigenvalue weighted by Crippen LogP contribution is -2.33. The molecule has 5 heteroatoms. The van der Waals surface area contributed by atoms with Gasteiger partial charge in [0.25, 0.3) is 0 Å². The van der Waals surface area contributed by atoms with Gasteiger partial charge in [0.15, 0.2) is 0 Å². The molecule has 0 saturated carbocycles. The summed E-state index contributed by atoms with van der Waals surface area (Å²) in [5.41, 5.74) is 0. The minimum atomic E-state index is -2.29. The van der Waals surface area contributed by atoms with Gasteiger partial charge in [0.05, 0.1) is 5.16 Å². The molecule has 0 aliphatic rings. The average Bonchev–Trinajstić information content (AvgIpc) is 1.89. The molecular weight excluding hydrogens is 154 g/mol. The minimum absolute atomic E-state index is 1.55. The molecule has 0 aliphatic carbocycles. The van der Waals surface area contributed by atoms with Gasteiger partial charge in [0.2, 0.25) is 0 Å². The fraction of sp³-hybridized carbons (Fsp3) is 0.750. The summed E-state index contributed by atoms with van der Waals surface area (Å²) in [6.07, 6.45) is 0. The summed E-state index contributed by atoms with van der Waals surface area (Å²) >= 11 is 4.39. The maximum absolute atomic E-state index is 4.95. The van der Waals surface area contributed by atoms with Crippen molar-refractivity contribution in [1.82, 2.24) is 0 Å². The number of isothiocyanates is 1. The van der Waals surface area contributed by atoms with Crippen LogP contribution in [0.1, 0.15) is 0 Å². The molecule has 0 atom stereocenters. The lowest BCUT2D eigenvalue weighted by molar-refractivity contribution is 0.252. The first-order valence-corrected chi connectivity index (χ1v) is 5.05. The Morgan fingerprint density at radius 1 is 1.44 bits per heavy atom. The second-order valence-corrected chi connectivity index (χ2v) is 4.53. The van der Waals surface area contributed by atoms with E-state index in [2.05, 4.69) is 22.0 Å². The molecular formula is C4H9NO2SSi. The van der Waals surface area contributed by atoms with Crippen LogP contribution in [0.3, 0.4) is 0 Å². The molecule has 0 aromatic rings. The molecule has 0 bridgehead atoms. The second kappa shape index (κ2) is 3.87. The van der Waals surface area contributed by atoms with Crippen LogP contribution >= 0.6 is 12.2 Å². The van der Waals surface area contributed by atoms with Gasteiger partial charge < -0.3 is 8.85 Å². The number of hydrogen-bond acceptors (Lipinski definition) is 4. The van der Waals surface area contributed by atoms with Crippen molar-refractivity contribution in [2.45, 2.75) is 6.55 Å². The molecule has 0 aromatic carbocycles. The molecule has 9 heavy (non-hydrogen) atoms. The molecule has 0 saturated heterocycles. The van der Waals surface area contributed by atoms with E-state index in [4.69, 9.17) is 8.85 Å². The maximum atomic E-state index is 4.95. The van der Waals surface area contributed by atoms with Crippen molar-refractivity contribution >= 4 is 26.1 Å². The van der Waals surface area contributed by atoms with Crippen molar-refractivity contribution < 1.29 is 8.85 Å². The standard InChI is InChI=1S/C4H9NO2SSi/c1-6-9(3,7-2)5-4-8/h1-3H3. The zero-order valence-corrected chi connectivity index (χ0v) is 7.49. The molecule has 0 aliphatic heterocycles. The molecule has 0 heterocycles. The van der Waals surface area contributed by atoms with Gasteiger partial charge in [0.1, 0.15) is 0 Å². The highest BCUT2D eigenvalue weighted by molar-refractivity contribution is 7.78. The molecule has 0 aromatic heterocycles. The smallest absolute Gasteiger partial charge is 0.381 e. The van der Waals surface area contributed by atoms with Gasteiger partial charge in [-0.05, 0) is 12.2 Å². The van der Waals surface area contributed by atoms with Crippen LogP contribution < -0.4 is 0 Å². The van der Waals surface area contributed by atoms with E-state index in [9.17, 15) is 0 Å². The van der Waals surface area contributed by atoms with Crippen LogP contribution in [0, 0.1) is 0 Å². The third-order valence-corrected chi connectivity index (χ3v) is 3.29. The topological polar surface area (TPSA) is 30.8 Å². The van der Waals surface area contributed by atoms with Crippen LogP contribution in [-0.2, 0) is 8.85 Å². The summed E-state index contributed by atoms with van der Waals surface area (Å²) in [5, 5.41) is 2.23. The third kappa shape index (κ3) is 2.83. The fourth-order valence-corrected chi connectivity index (χ4v) is 1.27. The zero-order valence-electron chi connectivity index (χ0n) is 5.67. The van der Waals surface area contributed by atoms with Gasteiger partial charge in [0, 0.05) is 20.8 Å². The maximum Gasteiger partial charge on any atom is 0.483 e. The molecule has 0 fully saturated rings. The second-order valence-electron chi connectivity index (χ2n) is 1.51. The van der Waals surface area contributed by atoms with Gasteiger partial charge >= 0.3 is 8.72 Å². The van der Waals surface area contributed by atoms with Crippen molar-refractivity contribution in [2.24, 2.45) is 4.66 Å². The first-order valence-electron chi connectivity index (χ1n) is 2.38. The van der Waals surface area contributed by atoms with Gasteiger partial charge in [-0.15, -0.1) is 0 Å². The average molecular weight is 163 g/mol. The highest BCUT2D eigenvalue weighted by atomic mass is 32.1. The van der Waals surface area contributed by atoms with Crippen molar-refractivity contribution in [3.63, 3.8) is 0 Å². The SMILES string of the molecule is CO[Si](C)(N=C=S)OC. The fourth-order valence-electron chi connectivity index (χ4n) is 0.258. The number of rotatable bonds is 3. The van der Waals surface area contributed by atoms with E-state index in [0.717, 1.165) is 0 Å². The number of hydrogen-bond donors (Lipinski definition) is 0. The van der Waals surface area contributed by atoms with E-state index in [1.807, 2.05) is 0 Å². The number of nitrogens with zero attached hydrogens (tertiary/aromatic N) is 1. The summed E-state index contributed by atoms with van der Waals surface area (Å²) in [7, 11) is 0.807. The van der Waals surface area contributed by atoms with E-state index < -0.39 is 8.72 Å². The molecule has 0 spiro atoms. The van der Waals surface area contributed by atoms with Crippen molar-refractivity contribution in [1.29, 1.82) is 0 Å². The molecule has 0 radical (unpaired) electrons. The highest BCUT2D eigenvalue weighted by Gasteiger charge is 2.28. The van der Waals surface area contributed by atoms with E-state index in [0.29, 0.717) is 0 Å². The summed E-state index contributed by atoms with van der Waals surface area (Å²) in [5.74, 6) is 0. The summed E-state index contributed by atoms with van der Waals surface area (Å²) in [4.78, 5) is 0. The van der Waals surface area contributed by atoms with Crippen molar-refractivity contribution in [3.05, 3.63) is 0 Å². The monoisotopic (exact) mass is 163 g/mol. The van der Waals surface area contributed by atoms with Crippen molar-refractivity contribution in [2.75, 3.05) is 14.2 Å². The van der Waals surface area contributed by atoms with Crippen LogP contribution in [0.4, 0.5) is 0 Å². The largest absolute Gasteiger partial charge is 0.483 e. The summed E-state index contributed by atoms with van der Waals surface area (Å²) in [6, 6.07) is 0. The molecule has 3 nitrogen and oxygen atoms in total. The first kappa shape index (κ1) is 8.94. The molecule has 0 amide bonds. The van der Waals surface area contributed by atoms with E-state index in [-0.39, 0.29) is 0 Å². The van der Waals surface area contributed by atoms with Gasteiger partial charge in [-0.1, -0.05) is 0 Å². The quantitative estimate of drug-likeness (QED) is 0.352. The summed E-state index contributed by atoms with van der Waals surface area (Å²) < 4.78 is 13.6. The van der Waals surface area contributed by atoms with Crippen LogP contribution in [0.5, 0.6) is 0 Å². The lowest BCUT2D eigenvalue weighted by Gasteiger charge is -2.13. The van der Waals surface area contributed by atoms with E-state index in [1.165, 1.54) is 0 Å². The number of thiocarbonyl (C=S) groups is 1. The van der Waals surface area contributed by atoms with Crippen LogP contribution in [0.2, 0.25) is 6.55 Å². The Balaban J connectivity index is 4.08. The van der Waals surface area contributed by atoms with E-state index in [1.54, 1.807) is 20.8 Å². The molecule has 0 N–H and O–H groups in total. The predicted octanol–water partition coefficient (Wildman–Crippen LogP) is 0.951.